The maximum Gasteiger partial charge on any atom is 0.248 e. The Bertz CT molecular complexity index is 704. The van der Waals surface area contributed by atoms with Gasteiger partial charge in [-0.25, -0.2) is 0 Å². The Hall–Kier alpha value is -2.06. The first kappa shape index (κ1) is 14.9. The van der Waals surface area contributed by atoms with Crippen LogP contribution in [0.4, 0.5) is 5.69 Å². The highest BCUT2D eigenvalue weighted by Crippen LogP contribution is 2.27. The first-order chi connectivity index (χ1) is 10.7. The van der Waals surface area contributed by atoms with Gasteiger partial charge in [-0.1, -0.05) is 35.9 Å². The Morgan fingerprint density at radius 2 is 1.82 bits per heavy atom. The van der Waals surface area contributed by atoms with Crippen LogP contribution in [0.3, 0.4) is 0 Å². The predicted molar refractivity (Wildman–Crippen MR) is 92.2 cm³/mol. The molecular formula is C19H18ClNO. The van der Waals surface area contributed by atoms with Gasteiger partial charge in [0.2, 0.25) is 5.91 Å². The Morgan fingerprint density at radius 3 is 2.64 bits per heavy atom. The lowest BCUT2D eigenvalue weighted by Gasteiger charge is -2.19. The average Bonchev–Trinajstić information content (AvgIpc) is 2.55. The minimum absolute atomic E-state index is 0.103. The summed E-state index contributed by atoms with van der Waals surface area (Å²) in [5.74, 6) is -0.103. The molecule has 3 rings (SSSR count). The molecule has 1 aliphatic carbocycles. The van der Waals surface area contributed by atoms with Crippen LogP contribution in [0.5, 0.6) is 0 Å². The Morgan fingerprint density at radius 1 is 1.05 bits per heavy atom. The summed E-state index contributed by atoms with van der Waals surface area (Å²) >= 11 is 5.85. The number of carbonyl (C=O) groups is 1. The molecule has 0 aliphatic heterocycles. The fourth-order valence-electron chi connectivity index (χ4n) is 2.82. The van der Waals surface area contributed by atoms with Crippen molar-refractivity contribution in [2.24, 2.45) is 0 Å². The minimum atomic E-state index is -0.103. The number of carbonyl (C=O) groups excluding carboxylic acids is 1. The zero-order valence-corrected chi connectivity index (χ0v) is 13.1. The number of halogens is 1. The van der Waals surface area contributed by atoms with Gasteiger partial charge in [0.25, 0.3) is 0 Å². The number of nitrogens with one attached hydrogen (secondary N) is 1. The number of amides is 1. The van der Waals surface area contributed by atoms with Crippen LogP contribution >= 0.6 is 11.6 Å². The normalized spacial score (nSPS) is 13.9. The molecule has 2 nitrogen and oxygen atoms in total. The van der Waals surface area contributed by atoms with Crippen molar-refractivity contribution >= 4 is 29.3 Å². The smallest absolute Gasteiger partial charge is 0.248 e. The summed E-state index contributed by atoms with van der Waals surface area (Å²) in [7, 11) is 0. The van der Waals surface area contributed by atoms with Crippen molar-refractivity contribution in [1.82, 2.24) is 0 Å². The largest absolute Gasteiger partial charge is 0.322 e. The third kappa shape index (κ3) is 3.58. The number of fused-ring (bicyclic) bond motifs is 1. The highest BCUT2D eigenvalue weighted by molar-refractivity contribution is 6.30. The van der Waals surface area contributed by atoms with Gasteiger partial charge < -0.3 is 5.32 Å². The third-order valence-corrected chi connectivity index (χ3v) is 4.20. The van der Waals surface area contributed by atoms with Crippen LogP contribution < -0.4 is 5.32 Å². The van der Waals surface area contributed by atoms with Crippen LogP contribution in [0.1, 0.15) is 29.5 Å². The van der Waals surface area contributed by atoms with E-state index < -0.39 is 0 Å². The van der Waals surface area contributed by atoms with E-state index in [1.54, 1.807) is 12.2 Å². The molecule has 1 amide bonds. The Kier molecular flexibility index (Phi) is 4.59. The standard InChI is InChI=1S/C19H18ClNO/c20-16-11-8-14(9-12-16)10-13-19(22)21-18-7-3-5-15-4-1-2-6-17(15)18/h3,5,7-13H,1-2,4,6H2,(H,21,22). The van der Waals surface area contributed by atoms with Gasteiger partial charge in [-0.15, -0.1) is 0 Å². The van der Waals surface area contributed by atoms with Crippen molar-refractivity contribution in [2.75, 3.05) is 5.32 Å². The lowest BCUT2D eigenvalue weighted by atomic mass is 9.90. The Balaban J connectivity index is 1.71. The zero-order chi connectivity index (χ0) is 15.4. The number of aryl methyl sites for hydroxylation is 1. The summed E-state index contributed by atoms with van der Waals surface area (Å²) in [5, 5.41) is 3.69. The molecule has 0 heterocycles. The van der Waals surface area contributed by atoms with E-state index in [0.29, 0.717) is 5.02 Å². The van der Waals surface area contributed by atoms with E-state index in [-0.39, 0.29) is 5.91 Å². The lowest BCUT2D eigenvalue weighted by Crippen LogP contribution is -2.12. The molecular weight excluding hydrogens is 294 g/mol. The molecule has 1 aliphatic rings. The lowest BCUT2D eigenvalue weighted by molar-refractivity contribution is -0.111. The molecule has 0 spiro atoms. The van der Waals surface area contributed by atoms with Crippen molar-refractivity contribution in [1.29, 1.82) is 0 Å². The van der Waals surface area contributed by atoms with E-state index in [1.807, 2.05) is 36.4 Å². The number of hydrogen-bond donors (Lipinski definition) is 1. The molecule has 0 saturated carbocycles. The maximum absolute atomic E-state index is 12.1. The van der Waals surface area contributed by atoms with Crippen molar-refractivity contribution in [3.63, 3.8) is 0 Å². The number of hydrogen-bond acceptors (Lipinski definition) is 1. The van der Waals surface area contributed by atoms with Gasteiger partial charge >= 0.3 is 0 Å². The first-order valence-corrected chi connectivity index (χ1v) is 7.95. The molecule has 0 bridgehead atoms. The highest BCUT2D eigenvalue weighted by atomic mass is 35.5. The van der Waals surface area contributed by atoms with Gasteiger partial charge in [0.15, 0.2) is 0 Å². The highest BCUT2D eigenvalue weighted by Gasteiger charge is 2.13. The van der Waals surface area contributed by atoms with Gasteiger partial charge in [0.1, 0.15) is 0 Å². The molecule has 1 N–H and O–H groups in total. The van der Waals surface area contributed by atoms with Crippen LogP contribution in [-0.4, -0.2) is 5.91 Å². The summed E-state index contributed by atoms with van der Waals surface area (Å²) in [6, 6.07) is 13.6. The SMILES string of the molecule is O=C(C=Cc1ccc(Cl)cc1)Nc1cccc2c1CCCC2. The summed E-state index contributed by atoms with van der Waals surface area (Å²) < 4.78 is 0. The van der Waals surface area contributed by atoms with E-state index in [4.69, 9.17) is 11.6 Å². The fourth-order valence-corrected chi connectivity index (χ4v) is 2.94. The van der Waals surface area contributed by atoms with Gasteiger partial charge in [0, 0.05) is 16.8 Å². The average molecular weight is 312 g/mol. The summed E-state index contributed by atoms with van der Waals surface area (Å²) in [4.78, 5) is 12.1. The number of benzene rings is 2. The van der Waals surface area contributed by atoms with Crippen LogP contribution in [-0.2, 0) is 17.6 Å². The van der Waals surface area contributed by atoms with Crippen LogP contribution in [0.25, 0.3) is 6.08 Å². The van der Waals surface area contributed by atoms with Crippen molar-refractivity contribution in [3.05, 3.63) is 70.3 Å². The van der Waals surface area contributed by atoms with E-state index >= 15 is 0 Å². The zero-order valence-electron chi connectivity index (χ0n) is 12.3. The van der Waals surface area contributed by atoms with Gasteiger partial charge in [-0.3, -0.25) is 4.79 Å². The molecule has 0 saturated heterocycles. The predicted octanol–water partition coefficient (Wildman–Crippen LogP) is 4.87. The topological polar surface area (TPSA) is 29.1 Å². The molecule has 0 fully saturated rings. The van der Waals surface area contributed by atoms with Crippen molar-refractivity contribution in [3.8, 4) is 0 Å². The monoisotopic (exact) mass is 311 g/mol. The quantitative estimate of drug-likeness (QED) is 0.805. The van der Waals surface area contributed by atoms with Crippen LogP contribution in [0, 0.1) is 0 Å². The molecule has 3 heteroatoms. The van der Waals surface area contributed by atoms with Crippen LogP contribution in [0.2, 0.25) is 5.02 Å². The minimum Gasteiger partial charge on any atom is -0.322 e. The molecule has 0 unspecified atom stereocenters. The van der Waals surface area contributed by atoms with Crippen molar-refractivity contribution in [2.45, 2.75) is 25.7 Å². The van der Waals surface area contributed by atoms with Crippen LogP contribution in [0.15, 0.2) is 48.5 Å². The molecule has 0 radical (unpaired) electrons. The third-order valence-electron chi connectivity index (χ3n) is 3.95. The second kappa shape index (κ2) is 6.80. The first-order valence-electron chi connectivity index (χ1n) is 7.58. The molecule has 0 atom stereocenters. The maximum atomic E-state index is 12.1. The Labute approximate surface area is 135 Å². The van der Waals surface area contributed by atoms with Gasteiger partial charge in [0.05, 0.1) is 0 Å². The second-order valence-corrected chi connectivity index (χ2v) is 5.96. The van der Waals surface area contributed by atoms with E-state index in [9.17, 15) is 4.79 Å². The number of rotatable bonds is 3. The molecule has 112 valence electrons. The number of anilines is 1. The second-order valence-electron chi connectivity index (χ2n) is 5.52. The fraction of sp³-hybridized carbons (Fsp3) is 0.211. The summed E-state index contributed by atoms with van der Waals surface area (Å²) in [6.45, 7) is 0. The molecule has 2 aromatic rings. The van der Waals surface area contributed by atoms with E-state index in [0.717, 1.165) is 24.1 Å². The van der Waals surface area contributed by atoms with Gasteiger partial charge in [-0.05, 0) is 66.6 Å². The molecule has 0 aromatic heterocycles. The summed E-state index contributed by atoms with van der Waals surface area (Å²) in [5.41, 5.74) is 4.56. The van der Waals surface area contributed by atoms with E-state index in [1.165, 1.54) is 24.0 Å². The molecule has 22 heavy (non-hydrogen) atoms. The summed E-state index contributed by atoms with van der Waals surface area (Å²) in [6.07, 6.45) is 7.94. The molecule has 2 aromatic carbocycles. The van der Waals surface area contributed by atoms with E-state index in [2.05, 4.69) is 11.4 Å². The van der Waals surface area contributed by atoms with Crippen molar-refractivity contribution < 1.29 is 4.79 Å². The van der Waals surface area contributed by atoms with Gasteiger partial charge in [-0.2, -0.15) is 0 Å².